The maximum Gasteiger partial charge on any atom is 0.229 e. The molecule has 2 heterocycles. The van der Waals surface area contributed by atoms with Crippen LogP contribution in [-0.2, 0) is 9.84 Å². The molecule has 11 heteroatoms. The summed E-state index contributed by atoms with van der Waals surface area (Å²) in [5.74, 6) is 1.36. The number of hydrogen-bond donors (Lipinski definition) is 3. The molecule has 0 amide bonds. The van der Waals surface area contributed by atoms with Crippen molar-refractivity contribution in [3.8, 4) is 11.4 Å². The Morgan fingerprint density at radius 3 is 2.39 bits per heavy atom. The third-order valence-electron chi connectivity index (χ3n) is 4.79. The van der Waals surface area contributed by atoms with Gasteiger partial charge in [-0.2, -0.15) is 9.97 Å². The summed E-state index contributed by atoms with van der Waals surface area (Å²) in [4.78, 5) is 13.4. The minimum atomic E-state index is -3.29. The van der Waals surface area contributed by atoms with E-state index in [2.05, 4.69) is 30.7 Å². The Morgan fingerprint density at radius 2 is 1.79 bits per heavy atom. The molecule has 0 unspecified atom stereocenters. The smallest absolute Gasteiger partial charge is 0.229 e. The van der Waals surface area contributed by atoms with E-state index in [0.717, 1.165) is 11.8 Å². The molecule has 2 aromatic carbocycles. The zero-order valence-corrected chi connectivity index (χ0v) is 18.7. The fourth-order valence-electron chi connectivity index (χ4n) is 3.12. The fourth-order valence-corrected chi connectivity index (χ4v) is 3.75. The third kappa shape index (κ3) is 5.33. The van der Waals surface area contributed by atoms with Crippen molar-refractivity contribution in [2.45, 2.75) is 17.9 Å². The molecule has 10 nitrogen and oxygen atoms in total. The predicted octanol–water partition coefficient (Wildman–Crippen LogP) is 3.13. The molecule has 0 spiro atoms. The maximum absolute atomic E-state index is 11.7. The monoisotopic (exact) mass is 466 g/mol. The molecule has 0 aliphatic rings. The van der Waals surface area contributed by atoms with Crippen molar-refractivity contribution in [2.24, 2.45) is 0 Å². The highest BCUT2D eigenvalue weighted by molar-refractivity contribution is 7.90. The van der Waals surface area contributed by atoms with E-state index in [1.807, 2.05) is 30.3 Å². The number of benzene rings is 2. The Labute approximate surface area is 190 Å². The normalized spacial score (nSPS) is 12.3. The molecule has 3 N–H and O–H groups in total. The molecule has 170 valence electrons. The number of hydrogen-bond acceptors (Lipinski definition) is 10. The largest absolute Gasteiger partial charge is 0.394 e. The lowest BCUT2D eigenvalue weighted by Crippen LogP contribution is -2.17. The van der Waals surface area contributed by atoms with Crippen molar-refractivity contribution in [2.75, 3.05) is 23.5 Å². The van der Waals surface area contributed by atoms with Gasteiger partial charge in [-0.3, -0.25) is 0 Å². The quantitative estimate of drug-likeness (QED) is 0.354. The van der Waals surface area contributed by atoms with Gasteiger partial charge < -0.3 is 20.3 Å². The van der Waals surface area contributed by atoms with Gasteiger partial charge in [0.05, 0.1) is 23.1 Å². The number of aryl methyl sites for hydroxylation is 1. The first kappa shape index (κ1) is 22.4. The van der Waals surface area contributed by atoms with Crippen LogP contribution < -0.4 is 10.6 Å². The molecule has 2 aromatic heterocycles. The first-order chi connectivity index (χ1) is 15.8. The molecule has 0 fully saturated rings. The van der Waals surface area contributed by atoms with E-state index in [1.165, 1.54) is 12.1 Å². The second-order valence-electron chi connectivity index (χ2n) is 7.30. The second kappa shape index (κ2) is 9.35. The van der Waals surface area contributed by atoms with Crippen molar-refractivity contribution in [1.82, 2.24) is 20.1 Å². The van der Waals surface area contributed by atoms with Crippen LogP contribution in [0.25, 0.3) is 11.4 Å². The summed E-state index contributed by atoms with van der Waals surface area (Å²) in [6.45, 7) is 1.51. The SMILES string of the molecule is Cc1nc(-c2cnc(Nc3ccc(S(C)(=O)=O)cc3)nc2N[C@H](CO)c2ccccc2)no1. The molecule has 4 rings (SSSR count). The molecule has 0 aliphatic heterocycles. The maximum atomic E-state index is 11.7. The van der Waals surface area contributed by atoms with Crippen molar-refractivity contribution in [1.29, 1.82) is 0 Å². The summed E-state index contributed by atoms with van der Waals surface area (Å²) < 4.78 is 28.4. The highest BCUT2D eigenvalue weighted by Crippen LogP contribution is 2.29. The van der Waals surface area contributed by atoms with Gasteiger partial charge in [0.1, 0.15) is 5.82 Å². The minimum Gasteiger partial charge on any atom is -0.394 e. The summed E-state index contributed by atoms with van der Waals surface area (Å²) in [5.41, 5.74) is 1.98. The number of anilines is 3. The first-order valence-electron chi connectivity index (χ1n) is 10.0. The summed E-state index contributed by atoms with van der Waals surface area (Å²) in [5, 5.41) is 20.2. The highest BCUT2D eigenvalue weighted by atomic mass is 32.2. The van der Waals surface area contributed by atoms with Crippen molar-refractivity contribution >= 4 is 27.3 Å². The fraction of sp³-hybridized carbons (Fsp3) is 0.182. The van der Waals surface area contributed by atoms with Crippen molar-refractivity contribution in [3.05, 3.63) is 72.2 Å². The molecule has 0 aliphatic carbocycles. The van der Waals surface area contributed by atoms with Gasteiger partial charge in [0.25, 0.3) is 0 Å². The van der Waals surface area contributed by atoms with Gasteiger partial charge in [-0.25, -0.2) is 13.4 Å². The highest BCUT2D eigenvalue weighted by Gasteiger charge is 2.19. The Bertz CT molecular complexity index is 1340. The first-order valence-corrected chi connectivity index (χ1v) is 11.9. The van der Waals surface area contributed by atoms with Crippen LogP contribution in [-0.4, -0.2) is 46.5 Å². The van der Waals surface area contributed by atoms with Gasteiger partial charge in [0.15, 0.2) is 9.84 Å². The van der Waals surface area contributed by atoms with Crippen LogP contribution in [0, 0.1) is 6.92 Å². The lowest BCUT2D eigenvalue weighted by Gasteiger charge is -2.19. The van der Waals surface area contributed by atoms with E-state index in [0.29, 0.717) is 28.8 Å². The summed E-state index contributed by atoms with van der Waals surface area (Å²) in [6, 6.07) is 15.3. The molecule has 0 bridgehead atoms. The van der Waals surface area contributed by atoms with Crippen molar-refractivity contribution in [3.63, 3.8) is 0 Å². The molecule has 33 heavy (non-hydrogen) atoms. The van der Waals surface area contributed by atoms with Crippen LogP contribution in [0.5, 0.6) is 0 Å². The molecular formula is C22H22N6O4S. The number of aliphatic hydroxyl groups excluding tert-OH is 1. The van der Waals surface area contributed by atoms with E-state index >= 15 is 0 Å². The second-order valence-corrected chi connectivity index (χ2v) is 9.32. The standard InChI is InChI=1S/C22H22N6O4S/c1-14-24-21(28-32-14)18-12-23-22(25-16-8-10-17(11-9-16)33(2,30)31)27-20(18)26-19(13-29)15-6-4-3-5-7-15/h3-12,19,29H,13H2,1-2H3,(H2,23,25,26,27)/t19-/m1/s1. The number of rotatable bonds is 8. The van der Waals surface area contributed by atoms with Gasteiger partial charge in [-0.05, 0) is 29.8 Å². The molecule has 1 atom stereocenters. The summed E-state index contributed by atoms with van der Waals surface area (Å²) in [7, 11) is -3.29. The van der Waals surface area contributed by atoms with Gasteiger partial charge in [-0.1, -0.05) is 35.5 Å². The van der Waals surface area contributed by atoms with E-state index < -0.39 is 15.9 Å². The predicted molar refractivity (Wildman–Crippen MR) is 123 cm³/mol. The molecule has 0 saturated heterocycles. The van der Waals surface area contributed by atoms with Crippen LogP contribution in [0.2, 0.25) is 0 Å². The Morgan fingerprint density at radius 1 is 1.06 bits per heavy atom. The van der Waals surface area contributed by atoms with Gasteiger partial charge in [-0.15, -0.1) is 0 Å². The van der Waals surface area contributed by atoms with Gasteiger partial charge in [0, 0.05) is 25.1 Å². The Kier molecular flexibility index (Phi) is 6.33. The average molecular weight is 467 g/mol. The Balaban J connectivity index is 1.67. The van der Waals surface area contributed by atoms with Crippen LogP contribution in [0.3, 0.4) is 0 Å². The van der Waals surface area contributed by atoms with Crippen molar-refractivity contribution < 1.29 is 18.0 Å². The number of nitrogens with zero attached hydrogens (tertiary/aromatic N) is 4. The van der Waals surface area contributed by atoms with Crippen LogP contribution in [0.4, 0.5) is 17.5 Å². The van der Waals surface area contributed by atoms with Crippen LogP contribution in [0.1, 0.15) is 17.5 Å². The molecular weight excluding hydrogens is 444 g/mol. The zero-order valence-electron chi connectivity index (χ0n) is 17.9. The minimum absolute atomic E-state index is 0.172. The summed E-state index contributed by atoms with van der Waals surface area (Å²) in [6.07, 6.45) is 2.70. The molecule has 0 radical (unpaired) electrons. The molecule has 4 aromatic rings. The Hall–Kier alpha value is -3.83. The lowest BCUT2D eigenvalue weighted by molar-refractivity contribution is 0.276. The van der Waals surface area contributed by atoms with E-state index in [9.17, 15) is 13.5 Å². The van der Waals surface area contributed by atoms with E-state index in [-0.39, 0.29) is 17.5 Å². The molecule has 0 saturated carbocycles. The number of sulfone groups is 1. The number of aromatic nitrogens is 4. The van der Waals surface area contributed by atoms with Crippen LogP contribution >= 0.6 is 0 Å². The topological polar surface area (TPSA) is 143 Å². The summed E-state index contributed by atoms with van der Waals surface area (Å²) >= 11 is 0. The van der Waals surface area contributed by atoms with E-state index in [1.54, 1.807) is 25.3 Å². The average Bonchev–Trinajstić information content (AvgIpc) is 3.24. The zero-order chi connectivity index (χ0) is 23.4. The van der Waals surface area contributed by atoms with Gasteiger partial charge in [0.2, 0.25) is 17.7 Å². The number of nitrogens with one attached hydrogen (secondary N) is 2. The van der Waals surface area contributed by atoms with Crippen LogP contribution in [0.15, 0.2) is 70.2 Å². The number of aliphatic hydroxyl groups is 1. The van der Waals surface area contributed by atoms with Gasteiger partial charge >= 0.3 is 0 Å². The third-order valence-corrected chi connectivity index (χ3v) is 5.92. The van der Waals surface area contributed by atoms with E-state index in [4.69, 9.17) is 4.52 Å². The lowest BCUT2D eigenvalue weighted by atomic mass is 10.1.